The van der Waals surface area contributed by atoms with Gasteiger partial charge in [0.25, 0.3) is 5.91 Å². The van der Waals surface area contributed by atoms with Crippen molar-refractivity contribution in [3.8, 4) is 11.1 Å². The van der Waals surface area contributed by atoms with Crippen LogP contribution in [-0.2, 0) is 17.8 Å². The van der Waals surface area contributed by atoms with Gasteiger partial charge < -0.3 is 15.5 Å². The summed E-state index contributed by atoms with van der Waals surface area (Å²) in [5.74, 6) is -0.379. The molecule has 2 aromatic carbocycles. The number of carbonyl (C=O) groups is 2. The molecule has 1 unspecified atom stereocenters. The molecule has 8 nitrogen and oxygen atoms in total. The highest BCUT2D eigenvalue weighted by Gasteiger charge is 2.20. The first-order valence-electron chi connectivity index (χ1n) is 12.4. The zero-order chi connectivity index (χ0) is 26.7. The average Bonchev–Trinajstić information content (AvgIpc) is 3.45. The van der Waals surface area contributed by atoms with Crippen molar-refractivity contribution in [1.82, 2.24) is 25.5 Å². The van der Waals surface area contributed by atoms with Crippen molar-refractivity contribution in [2.24, 2.45) is 0 Å². The van der Waals surface area contributed by atoms with Crippen LogP contribution in [0.15, 0.2) is 83.9 Å². The van der Waals surface area contributed by atoms with Gasteiger partial charge in [-0.15, -0.1) is 11.3 Å². The van der Waals surface area contributed by atoms with Crippen molar-refractivity contribution in [3.63, 3.8) is 0 Å². The lowest BCUT2D eigenvalue weighted by molar-refractivity contribution is -0.118. The number of benzene rings is 2. The average molecular weight is 529 g/mol. The first kappa shape index (κ1) is 27.1. The highest BCUT2D eigenvalue weighted by atomic mass is 32.1. The quantitative estimate of drug-likeness (QED) is 0.259. The van der Waals surface area contributed by atoms with Gasteiger partial charge in [-0.1, -0.05) is 30.3 Å². The summed E-state index contributed by atoms with van der Waals surface area (Å²) >= 11 is 1.52. The summed E-state index contributed by atoms with van der Waals surface area (Å²) in [7, 11) is 3.91. The number of likely N-dealkylation sites (N-methyl/N-ethyl adjacent to an activating group) is 1. The van der Waals surface area contributed by atoms with Crippen LogP contribution in [0.2, 0.25) is 0 Å². The third-order valence-corrected chi connectivity index (χ3v) is 6.57. The van der Waals surface area contributed by atoms with Gasteiger partial charge in [-0.2, -0.15) is 0 Å². The topological polar surface area (TPSA) is 99.2 Å². The van der Waals surface area contributed by atoms with Crippen molar-refractivity contribution >= 4 is 28.8 Å². The largest absolute Gasteiger partial charge is 0.351 e. The summed E-state index contributed by atoms with van der Waals surface area (Å²) in [5.41, 5.74) is 6.46. The molecule has 0 saturated carbocycles. The highest BCUT2D eigenvalue weighted by molar-refractivity contribution is 7.07. The Morgan fingerprint density at radius 3 is 2.50 bits per heavy atom. The Balaban J connectivity index is 1.57. The lowest BCUT2D eigenvalue weighted by Gasteiger charge is -2.19. The Labute approximate surface area is 227 Å². The molecule has 3 N–H and O–H groups in total. The summed E-state index contributed by atoms with van der Waals surface area (Å²) in [6.07, 6.45) is 3.92. The number of hydrogen-bond donors (Lipinski definition) is 3. The van der Waals surface area contributed by atoms with Crippen LogP contribution >= 0.6 is 11.3 Å². The molecule has 2 amide bonds. The molecule has 0 saturated heterocycles. The van der Waals surface area contributed by atoms with Gasteiger partial charge in [0, 0.05) is 48.7 Å². The first-order chi connectivity index (χ1) is 18.5. The fraction of sp³-hybridized carbons (Fsp3) is 0.241. The number of anilines is 1. The van der Waals surface area contributed by atoms with E-state index in [0.717, 1.165) is 28.9 Å². The summed E-state index contributed by atoms with van der Waals surface area (Å²) in [6.45, 7) is 1.73. The van der Waals surface area contributed by atoms with Gasteiger partial charge in [-0.3, -0.25) is 19.9 Å². The molecule has 2 heterocycles. The predicted octanol–water partition coefficient (Wildman–Crippen LogP) is 3.84. The van der Waals surface area contributed by atoms with E-state index in [2.05, 4.69) is 25.9 Å². The SMILES string of the molecule is CN(C)CCNC(=O)c1cc(NC(=O)C(Cc2ccccc2)NCc2cscn2)cc(-c2ccncc2)c1. The molecular formula is C29H32N6O2S. The number of aromatic nitrogens is 2. The van der Waals surface area contributed by atoms with Crippen LogP contribution in [0.25, 0.3) is 11.1 Å². The Bertz CT molecular complexity index is 1310. The third kappa shape index (κ3) is 8.04. The lowest BCUT2D eigenvalue weighted by Crippen LogP contribution is -2.42. The van der Waals surface area contributed by atoms with Gasteiger partial charge >= 0.3 is 0 Å². The zero-order valence-electron chi connectivity index (χ0n) is 21.6. The van der Waals surface area contributed by atoms with Crippen molar-refractivity contribution in [2.75, 3.05) is 32.5 Å². The Morgan fingerprint density at radius 2 is 1.79 bits per heavy atom. The van der Waals surface area contributed by atoms with E-state index in [0.29, 0.717) is 30.8 Å². The Kier molecular flexibility index (Phi) is 9.69. The van der Waals surface area contributed by atoms with Gasteiger partial charge in [-0.05, 0) is 67.5 Å². The maximum atomic E-state index is 13.5. The van der Waals surface area contributed by atoms with Gasteiger partial charge in [-0.25, -0.2) is 4.98 Å². The monoisotopic (exact) mass is 528 g/mol. The smallest absolute Gasteiger partial charge is 0.251 e. The van der Waals surface area contributed by atoms with E-state index in [4.69, 9.17) is 0 Å². The molecule has 196 valence electrons. The van der Waals surface area contributed by atoms with Crippen molar-refractivity contribution in [1.29, 1.82) is 0 Å². The molecule has 4 rings (SSSR count). The number of rotatable bonds is 12. The number of nitrogens with zero attached hydrogens (tertiary/aromatic N) is 3. The maximum absolute atomic E-state index is 13.5. The Hall–Kier alpha value is -3.92. The molecule has 1 atom stereocenters. The number of nitrogens with one attached hydrogen (secondary N) is 3. The molecule has 38 heavy (non-hydrogen) atoms. The number of thiazole rings is 1. The van der Waals surface area contributed by atoms with Crippen LogP contribution in [0, 0.1) is 0 Å². The molecule has 2 aromatic heterocycles. The standard InChI is InChI=1S/C29H32N6O2S/c1-35(2)13-12-31-28(36)24-15-23(22-8-10-30-11-9-22)16-25(17-24)34-29(37)27(14-21-6-4-3-5-7-21)32-18-26-19-38-20-33-26/h3-11,15-17,19-20,27,32H,12-14,18H2,1-2H3,(H,31,36)(H,34,37). The van der Waals surface area contributed by atoms with Crippen LogP contribution in [0.4, 0.5) is 5.69 Å². The fourth-order valence-electron chi connectivity index (χ4n) is 3.93. The van der Waals surface area contributed by atoms with Gasteiger partial charge in [0.2, 0.25) is 5.91 Å². The summed E-state index contributed by atoms with van der Waals surface area (Å²) in [4.78, 5) is 36.9. The van der Waals surface area contributed by atoms with E-state index in [1.165, 1.54) is 11.3 Å². The van der Waals surface area contributed by atoms with Crippen LogP contribution in [0.1, 0.15) is 21.6 Å². The second-order valence-electron chi connectivity index (χ2n) is 9.19. The molecular weight excluding hydrogens is 496 g/mol. The van der Waals surface area contributed by atoms with Crippen LogP contribution < -0.4 is 16.0 Å². The summed E-state index contributed by atoms with van der Waals surface area (Å²) in [6, 6.07) is 18.6. The predicted molar refractivity (Wildman–Crippen MR) is 152 cm³/mol. The third-order valence-electron chi connectivity index (χ3n) is 5.93. The first-order valence-corrected chi connectivity index (χ1v) is 13.4. The second kappa shape index (κ2) is 13.6. The number of amides is 2. The minimum Gasteiger partial charge on any atom is -0.351 e. The molecule has 0 aliphatic rings. The molecule has 9 heteroatoms. The fourth-order valence-corrected chi connectivity index (χ4v) is 4.48. The van der Waals surface area contributed by atoms with Crippen LogP contribution in [0.3, 0.4) is 0 Å². The van der Waals surface area contributed by atoms with Crippen molar-refractivity contribution in [3.05, 3.63) is 101 Å². The zero-order valence-corrected chi connectivity index (χ0v) is 22.4. The van der Waals surface area contributed by atoms with Gasteiger partial charge in [0.1, 0.15) is 0 Å². The minimum atomic E-state index is -0.499. The second-order valence-corrected chi connectivity index (χ2v) is 9.91. The van der Waals surface area contributed by atoms with Gasteiger partial charge in [0.05, 0.1) is 17.2 Å². The number of carbonyl (C=O) groups excluding carboxylic acids is 2. The molecule has 0 aliphatic carbocycles. The van der Waals surface area contributed by atoms with Crippen molar-refractivity contribution in [2.45, 2.75) is 19.0 Å². The molecule has 0 spiro atoms. The van der Waals surface area contributed by atoms with Crippen LogP contribution in [-0.4, -0.2) is 59.9 Å². The number of hydrogen-bond acceptors (Lipinski definition) is 7. The molecule has 0 bridgehead atoms. The van der Waals surface area contributed by atoms with E-state index < -0.39 is 6.04 Å². The number of pyridine rings is 1. The van der Waals surface area contributed by atoms with E-state index in [1.54, 1.807) is 24.0 Å². The Morgan fingerprint density at radius 1 is 1.00 bits per heavy atom. The normalized spacial score (nSPS) is 11.8. The lowest BCUT2D eigenvalue weighted by atomic mass is 10.0. The van der Waals surface area contributed by atoms with Crippen molar-refractivity contribution < 1.29 is 9.59 Å². The highest BCUT2D eigenvalue weighted by Crippen LogP contribution is 2.25. The van der Waals surface area contributed by atoms with E-state index in [-0.39, 0.29) is 11.8 Å². The molecule has 0 fully saturated rings. The molecule has 4 aromatic rings. The van der Waals surface area contributed by atoms with E-state index in [9.17, 15) is 9.59 Å². The van der Waals surface area contributed by atoms with E-state index >= 15 is 0 Å². The van der Waals surface area contributed by atoms with Gasteiger partial charge in [0.15, 0.2) is 0 Å². The minimum absolute atomic E-state index is 0.185. The van der Waals surface area contributed by atoms with Crippen LogP contribution in [0.5, 0.6) is 0 Å². The summed E-state index contributed by atoms with van der Waals surface area (Å²) in [5, 5.41) is 11.3. The van der Waals surface area contributed by atoms with E-state index in [1.807, 2.05) is 79.0 Å². The molecule has 0 aliphatic heterocycles. The maximum Gasteiger partial charge on any atom is 0.251 e. The summed E-state index contributed by atoms with van der Waals surface area (Å²) < 4.78 is 0. The molecule has 0 radical (unpaired) electrons.